The van der Waals surface area contributed by atoms with Crippen LogP contribution in [0.15, 0.2) is 0 Å². The van der Waals surface area contributed by atoms with E-state index in [1.54, 1.807) is 11.8 Å². The minimum absolute atomic E-state index is 0.0832. The predicted molar refractivity (Wildman–Crippen MR) is 191 cm³/mol. The standard InChI is InChI=1S/C38H78O4S/c1-3-5-7-9-11-13-15-17-19-21-23-25-27-29-31-37(35(41)33-39)43-38(36(42)34-40)32-30-28-26-24-22-20-18-16-14-12-10-8-6-4-2/h35-42H,3-34H2,1-2H3. The van der Waals surface area contributed by atoms with Crippen LogP contribution in [-0.4, -0.2) is 56.3 Å². The van der Waals surface area contributed by atoms with Crippen LogP contribution in [0, 0.1) is 0 Å². The Morgan fingerprint density at radius 3 is 0.767 bits per heavy atom. The van der Waals surface area contributed by atoms with E-state index in [2.05, 4.69) is 13.8 Å². The Hall–Kier alpha value is 0.190. The maximum absolute atomic E-state index is 10.5. The minimum atomic E-state index is -0.767. The maximum atomic E-state index is 10.5. The molecule has 0 aliphatic heterocycles. The number of hydrogen-bond acceptors (Lipinski definition) is 5. The van der Waals surface area contributed by atoms with Crippen molar-refractivity contribution in [2.24, 2.45) is 0 Å². The third kappa shape index (κ3) is 29.3. The van der Waals surface area contributed by atoms with Crippen LogP contribution in [-0.2, 0) is 0 Å². The Morgan fingerprint density at radius 2 is 0.558 bits per heavy atom. The molecule has 0 saturated heterocycles. The third-order valence-electron chi connectivity index (χ3n) is 9.27. The molecule has 0 fully saturated rings. The average Bonchev–Trinajstić information content (AvgIpc) is 3.02. The number of hydrogen-bond donors (Lipinski definition) is 4. The van der Waals surface area contributed by atoms with E-state index < -0.39 is 12.2 Å². The van der Waals surface area contributed by atoms with Gasteiger partial charge in [-0.1, -0.05) is 194 Å². The van der Waals surface area contributed by atoms with Gasteiger partial charge < -0.3 is 20.4 Å². The average molecular weight is 631 g/mol. The van der Waals surface area contributed by atoms with Crippen molar-refractivity contribution in [2.75, 3.05) is 13.2 Å². The summed E-state index contributed by atoms with van der Waals surface area (Å²) in [5, 5.41) is 40.2. The zero-order valence-corrected chi connectivity index (χ0v) is 30.0. The Bertz CT molecular complexity index is 476. The molecule has 0 rings (SSSR count). The first-order valence-corrected chi connectivity index (χ1v) is 20.3. The van der Waals surface area contributed by atoms with Crippen LogP contribution in [0.3, 0.4) is 0 Å². The largest absolute Gasteiger partial charge is 0.394 e. The van der Waals surface area contributed by atoms with Gasteiger partial charge in [-0.15, -0.1) is 11.8 Å². The number of aliphatic hydroxyl groups is 4. The molecule has 260 valence electrons. The van der Waals surface area contributed by atoms with Crippen molar-refractivity contribution in [1.82, 2.24) is 0 Å². The molecule has 0 aliphatic carbocycles. The number of thioether (sulfide) groups is 1. The van der Waals surface area contributed by atoms with Gasteiger partial charge in [0.15, 0.2) is 0 Å². The molecular formula is C38H78O4S. The zero-order valence-electron chi connectivity index (χ0n) is 29.1. The second-order valence-corrected chi connectivity index (χ2v) is 15.0. The third-order valence-corrected chi connectivity index (χ3v) is 11.1. The van der Waals surface area contributed by atoms with E-state index in [-0.39, 0.29) is 23.7 Å². The molecule has 5 heteroatoms. The molecule has 0 spiro atoms. The van der Waals surface area contributed by atoms with Crippen LogP contribution in [0.4, 0.5) is 0 Å². The SMILES string of the molecule is CCCCCCCCCCCCCCCCC(SC(CCCCCCCCCCCCCCCC)C(O)CO)C(O)CO. The second kappa shape index (κ2) is 35.1. The number of unbranched alkanes of at least 4 members (excludes halogenated alkanes) is 26. The molecule has 0 bridgehead atoms. The van der Waals surface area contributed by atoms with Crippen molar-refractivity contribution >= 4 is 11.8 Å². The van der Waals surface area contributed by atoms with Crippen molar-refractivity contribution < 1.29 is 20.4 Å². The smallest absolute Gasteiger partial charge is 0.0889 e. The van der Waals surface area contributed by atoms with Gasteiger partial charge in [0.05, 0.1) is 25.4 Å². The highest BCUT2D eigenvalue weighted by Crippen LogP contribution is 2.31. The molecule has 4 nitrogen and oxygen atoms in total. The van der Waals surface area contributed by atoms with Crippen molar-refractivity contribution in [3.05, 3.63) is 0 Å². The molecule has 4 N–H and O–H groups in total. The summed E-state index contributed by atoms with van der Waals surface area (Å²) >= 11 is 1.61. The molecule has 0 aromatic rings. The molecule has 0 amide bonds. The molecule has 0 saturated carbocycles. The van der Waals surface area contributed by atoms with Gasteiger partial charge in [0, 0.05) is 10.5 Å². The van der Waals surface area contributed by atoms with Gasteiger partial charge in [0.2, 0.25) is 0 Å². The summed E-state index contributed by atoms with van der Waals surface area (Å²) in [6.07, 6.45) is 37.3. The van der Waals surface area contributed by atoms with Gasteiger partial charge in [-0.25, -0.2) is 0 Å². The zero-order chi connectivity index (χ0) is 31.6. The molecule has 4 unspecified atom stereocenters. The van der Waals surface area contributed by atoms with Gasteiger partial charge in [0.1, 0.15) is 0 Å². The maximum Gasteiger partial charge on any atom is 0.0889 e. The van der Waals surface area contributed by atoms with E-state index in [0.717, 1.165) is 25.7 Å². The van der Waals surface area contributed by atoms with E-state index in [4.69, 9.17) is 0 Å². The lowest BCUT2D eigenvalue weighted by atomic mass is 10.0. The van der Waals surface area contributed by atoms with Crippen molar-refractivity contribution in [1.29, 1.82) is 0 Å². The highest BCUT2D eigenvalue weighted by molar-refractivity contribution is 8.00. The first-order chi connectivity index (χ1) is 21.1. The highest BCUT2D eigenvalue weighted by atomic mass is 32.2. The lowest BCUT2D eigenvalue weighted by Gasteiger charge is -2.28. The Labute approximate surface area is 274 Å². The van der Waals surface area contributed by atoms with Crippen molar-refractivity contribution in [3.8, 4) is 0 Å². The van der Waals surface area contributed by atoms with Crippen LogP contribution in [0.5, 0.6) is 0 Å². The van der Waals surface area contributed by atoms with E-state index >= 15 is 0 Å². The Morgan fingerprint density at radius 1 is 0.349 bits per heavy atom. The highest BCUT2D eigenvalue weighted by Gasteiger charge is 2.27. The Balaban J connectivity index is 4.00. The van der Waals surface area contributed by atoms with Gasteiger partial charge in [-0.3, -0.25) is 0 Å². The number of aliphatic hydroxyl groups excluding tert-OH is 4. The molecule has 0 aromatic carbocycles. The van der Waals surface area contributed by atoms with Crippen LogP contribution in [0.25, 0.3) is 0 Å². The fourth-order valence-corrected chi connectivity index (χ4v) is 7.83. The molecule has 0 radical (unpaired) electrons. The minimum Gasteiger partial charge on any atom is -0.394 e. The van der Waals surface area contributed by atoms with Gasteiger partial charge in [0.25, 0.3) is 0 Å². The van der Waals surface area contributed by atoms with Gasteiger partial charge in [-0.05, 0) is 12.8 Å². The van der Waals surface area contributed by atoms with Crippen LogP contribution < -0.4 is 0 Å². The van der Waals surface area contributed by atoms with Crippen LogP contribution >= 0.6 is 11.8 Å². The molecule has 43 heavy (non-hydrogen) atoms. The lowest BCUT2D eigenvalue weighted by molar-refractivity contribution is 0.0838. The van der Waals surface area contributed by atoms with E-state index in [9.17, 15) is 20.4 Å². The summed E-state index contributed by atoms with van der Waals surface area (Å²) in [7, 11) is 0. The van der Waals surface area contributed by atoms with Crippen molar-refractivity contribution in [3.63, 3.8) is 0 Å². The first kappa shape index (κ1) is 43.2. The Kier molecular flexibility index (Phi) is 35.2. The molecule has 4 atom stereocenters. The molecular weight excluding hydrogens is 552 g/mol. The monoisotopic (exact) mass is 631 g/mol. The van der Waals surface area contributed by atoms with Crippen molar-refractivity contribution in [2.45, 2.75) is 229 Å². The number of rotatable bonds is 36. The summed E-state index contributed by atoms with van der Waals surface area (Å²) in [5.41, 5.74) is 0. The van der Waals surface area contributed by atoms with Gasteiger partial charge >= 0.3 is 0 Å². The summed E-state index contributed by atoms with van der Waals surface area (Å²) in [5.74, 6) is 0. The molecule has 0 heterocycles. The fourth-order valence-electron chi connectivity index (χ4n) is 6.24. The quantitative estimate of drug-likeness (QED) is 0.0518. The normalized spacial score (nSPS) is 14.7. The fraction of sp³-hybridized carbons (Fsp3) is 1.00. The second-order valence-electron chi connectivity index (χ2n) is 13.5. The van der Waals surface area contributed by atoms with Crippen LogP contribution in [0.2, 0.25) is 0 Å². The lowest BCUT2D eigenvalue weighted by Crippen LogP contribution is -2.34. The molecule has 0 aliphatic rings. The van der Waals surface area contributed by atoms with Gasteiger partial charge in [-0.2, -0.15) is 0 Å². The van der Waals surface area contributed by atoms with Crippen LogP contribution in [0.1, 0.15) is 206 Å². The van der Waals surface area contributed by atoms with E-state index in [1.165, 1.54) is 167 Å². The summed E-state index contributed by atoms with van der Waals surface area (Å²) in [6.45, 7) is 4.07. The summed E-state index contributed by atoms with van der Waals surface area (Å²) in [6, 6.07) is 0. The van der Waals surface area contributed by atoms with E-state index in [0.29, 0.717) is 0 Å². The summed E-state index contributed by atoms with van der Waals surface area (Å²) in [4.78, 5) is 0. The topological polar surface area (TPSA) is 80.9 Å². The van der Waals surface area contributed by atoms with E-state index in [1.807, 2.05) is 0 Å². The summed E-state index contributed by atoms with van der Waals surface area (Å²) < 4.78 is 0. The first-order valence-electron chi connectivity index (χ1n) is 19.3. The predicted octanol–water partition coefficient (Wildman–Crippen LogP) is 10.9. The molecule has 0 aromatic heterocycles.